The molecule has 6 rings (SSSR count). The molecular formula is C37H44Cl2OZr-2. The first-order valence-corrected chi connectivity index (χ1v) is 15.7. The van der Waals surface area contributed by atoms with Gasteiger partial charge in [-0.15, -0.1) is 23.3 Å². The van der Waals surface area contributed by atoms with Crippen molar-refractivity contribution in [1.82, 2.24) is 0 Å². The molecule has 1 saturated carbocycles. The molecule has 0 radical (unpaired) electrons. The zero-order valence-electron chi connectivity index (χ0n) is 25.8. The molecule has 1 nitrogen and oxygen atoms in total. The molecule has 4 aromatic rings. The second-order valence-corrected chi connectivity index (χ2v) is 14.9. The van der Waals surface area contributed by atoms with E-state index in [0.717, 1.165) is 12.0 Å². The molecule has 218 valence electrons. The topological polar surface area (TPSA) is 13.1 Å². The van der Waals surface area contributed by atoms with E-state index in [0.29, 0.717) is 0 Å². The molecule has 0 unspecified atom stereocenters. The van der Waals surface area contributed by atoms with E-state index in [4.69, 9.17) is 4.42 Å². The van der Waals surface area contributed by atoms with Gasteiger partial charge in [0.25, 0.3) is 0 Å². The number of aryl methyl sites for hydroxylation is 1. The summed E-state index contributed by atoms with van der Waals surface area (Å²) in [5, 5.41) is 0. The number of hydrogen-bond donors (Lipinski definition) is 0. The number of halogens is 2. The first-order valence-electron chi connectivity index (χ1n) is 14.4. The fraction of sp³-hybridized carbons (Fsp3) is 0.405. The van der Waals surface area contributed by atoms with Crippen molar-refractivity contribution in [3.63, 3.8) is 0 Å². The number of benzene rings is 2. The van der Waals surface area contributed by atoms with Crippen molar-refractivity contribution >= 4 is 3.21 Å². The van der Waals surface area contributed by atoms with Crippen LogP contribution >= 0.6 is 0 Å². The predicted molar refractivity (Wildman–Crippen MR) is 163 cm³/mol. The molecule has 4 heteroatoms. The molecule has 0 N–H and O–H groups in total. The van der Waals surface area contributed by atoms with Gasteiger partial charge in [0.15, 0.2) is 0 Å². The average Bonchev–Trinajstić information content (AvgIpc) is 3.63. The number of furan rings is 1. The summed E-state index contributed by atoms with van der Waals surface area (Å²) in [6.45, 7) is 15.7. The van der Waals surface area contributed by atoms with E-state index < -0.39 is 0 Å². The minimum absolute atomic E-state index is 0. The van der Waals surface area contributed by atoms with Gasteiger partial charge >= 0.3 is 59.5 Å². The Kier molecular flexibility index (Phi) is 13.2. The molecule has 0 saturated heterocycles. The van der Waals surface area contributed by atoms with Gasteiger partial charge in [-0.25, -0.2) is 0 Å². The molecule has 0 bridgehead atoms. The van der Waals surface area contributed by atoms with Crippen LogP contribution in [0.25, 0.3) is 22.3 Å². The van der Waals surface area contributed by atoms with Crippen LogP contribution in [0.2, 0.25) is 0 Å². The monoisotopic (exact) mass is 664 g/mol. The summed E-state index contributed by atoms with van der Waals surface area (Å²) in [4.78, 5) is 0. The van der Waals surface area contributed by atoms with Crippen LogP contribution in [0, 0.1) is 13.0 Å². The Morgan fingerprint density at radius 1 is 0.829 bits per heavy atom. The molecule has 2 aliphatic carbocycles. The molecule has 41 heavy (non-hydrogen) atoms. The molecule has 0 amide bonds. The van der Waals surface area contributed by atoms with Gasteiger partial charge in [0.2, 0.25) is 0 Å². The summed E-state index contributed by atoms with van der Waals surface area (Å²) in [6, 6.07) is 23.3. The van der Waals surface area contributed by atoms with E-state index in [1.54, 1.807) is 40.0 Å². The Morgan fingerprint density at radius 3 is 2.00 bits per heavy atom. The third-order valence-electron chi connectivity index (χ3n) is 7.85. The van der Waals surface area contributed by atoms with E-state index in [2.05, 4.69) is 103 Å². The van der Waals surface area contributed by atoms with Crippen molar-refractivity contribution in [2.45, 2.75) is 97.8 Å². The van der Waals surface area contributed by atoms with Crippen LogP contribution in [0.3, 0.4) is 0 Å². The van der Waals surface area contributed by atoms with Crippen molar-refractivity contribution in [3.8, 4) is 22.3 Å². The van der Waals surface area contributed by atoms with Gasteiger partial charge in [0.05, 0.1) is 0 Å². The van der Waals surface area contributed by atoms with Gasteiger partial charge in [-0.3, -0.25) is 0 Å². The number of fused-ring (bicyclic) bond motifs is 3. The fourth-order valence-corrected chi connectivity index (χ4v) is 6.08. The van der Waals surface area contributed by atoms with Gasteiger partial charge < -0.3 is 29.2 Å². The van der Waals surface area contributed by atoms with Crippen molar-refractivity contribution in [2.75, 3.05) is 0 Å². The second-order valence-electron chi connectivity index (χ2n) is 13.1. The van der Waals surface area contributed by atoms with Crippen molar-refractivity contribution in [2.24, 2.45) is 0 Å². The van der Waals surface area contributed by atoms with Crippen molar-refractivity contribution < 1.29 is 53.5 Å². The third kappa shape index (κ3) is 9.45. The Bertz CT molecular complexity index is 1330. The summed E-state index contributed by atoms with van der Waals surface area (Å²) in [5.41, 5.74) is 12.5. The fourth-order valence-electron chi connectivity index (χ4n) is 5.21. The minimum atomic E-state index is 0. The van der Waals surface area contributed by atoms with Crippen LogP contribution in [0.5, 0.6) is 0 Å². The average molecular weight is 667 g/mol. The van der Waals surface area contributed by atoms with E-state index >= 15 is 0 Å². The Labute approximate surface area is 276 Å². The zero-order valence-corrected chi connectivity index (χ0v) is 29.7. The van der Waals surface area contributed by atoms with Crippen LogP contribution in [-0.4, -0.2) is 3.21 Å². The standard InChI is InChI=1S/C21H25.C10H9O.C6H10.2ClH.Zr/c1-20(2,3)16-9-7-14-11-15-8-10-17(21(4,5)6)13-19(15)18(14)12-16;1-8-3-2-4-10(8)9-5-6-11-7-9;1-2-4-6-5-3-1;;;/h7,9-10,12-13H,11H2,1-6H3;2-7H,1H3;1-5H2;2*1H;/q2*-1;;;;+2/p-2. The summed E-state index contributed by atoms with van der Waals surface area (Å²) < 4.78 is 6.80. The van der Waals surface area contributed by atoms with E-state index in [1.807, 2.05) is 6.07 Å². The molecule has 0 atom stereocenters. The SMILES string of the molecule is CC(C)(C)c1c[c-]c2c(c1)-c1cc(C(C)(C)C)ccc1C2.Cc1ccc[c-]1-c1ccoc1.[Cl-].[Cl-].[Zr+2]=[C]1CCCCC1. The quantitative estimate of drug-likeness (QED) is 0.244. The van der Waals surface area contributed by atoms with Crippen molar-refractivity contribution in [1.29, 1.82) is 0 Å². The first kappa shape index (κ1) is 35.6. The molecule has 1 fully saturated rings. The second kappa shape index (κ2) is 15.2. The number of rotatable bonds is 1. The zero-order chi connectivity index (χ0) is 28.2. The van der Waals surface area contributed by atoms with E-state index in [9.17, 15) is 0 Å². The molecule has 1 aromatic heterocycles. The summed E-state index contributed by atoms with van der Waals surface area (Å²) in [7, 11) is 0. The third-order valence-corrected chi connectivity index (χ3v) is 9.08. The summed E-state index contributed by atoms with van der Waals surface area (Å²) in [6.07, 6.45) is 11.8. The van der Waals surface area contributed by atoms with Crippen LogP contribution in [0.15, 0.2) is 71.5 Å². The van der Waals surface area contributed by atoms with Crippen LogP contribution in [-0.2, 0) is 41.5 Å². The van der Waals surface area contributed by atoms with E-state index in [1.165, 1.54) is 76.6 Å². The number of hydrogen-bond acceptors (Lipinski definition) is 1. The van der Waals surface area contributed by atoms with E-state index in [-0.39, 0.29) is 35.6 Å². The molecular weight excluding hydrogens is 623 g/mol. The Hall–Kier alpha value is -1.60. The molecule has 3 aromatic carbocycles. The van der Waals surface area contributed by atoms with Gasteiger partial charge in [-0.1, -0.05) is 100 Å². The Balaban J connectivity index is 0.000000246. The molecule has 2 aliphatic rings. The molecule has 0 aliphatic heterocycles. The molecule has 1 heterocycles. The van der Waals surface area contributed by atoms with Gasteiger partial charge in [0, 0.05) is 12.5 Å². The predicted octanol–water partition coefficient (Wildman–Crippen LogP) is 4.30. The summed E-state index contributed by atoms with van der Waals surface area (Å²) in [5.74, 6) is 0. The normalized spacial score (nSPS) is 13.8. The maximum atomic E-state index is 4.99. The van der Waals surface area contributed by atoms with Gasteiger partial charge in [-0.2, -0.15) is 35.4 Å². The van der Waals surface area contributed by atoms with Crippen LogP contribution in [0.4, 0.5) is 0 Å². The molecule has 0 spiro atoms. The first-order chi connectivity index (χ1) is 18.4. The van der Waals surface area contributed by atoms with Crippen LogP contribution in [0.1, 0.15) is 101 Å². The van der Waals surface area contributed by atoms with Gasteiger partial charge in [0.1, 0.15) is 0 Å². The van der Waals surface area contributed by atoms with Gasteiger partial charge in [-0.05, 0) is 17.4 Å². The van der Waals surface area contributed by atoms with Crippen molar-refractivity contribution in [3.05, 3.63) is 101 Å². The Morgan fingerprint density at radius 2 is 1.49 bits per heavy atom. The summed E-state index contributed by atoms with van der Waals surface area (Å²) >= 11 is 1.69. The van der Waals surface area contributed by atoms with Crippen LogP contribution < -0.4 is 24.8 Å². The maximum absolute atomic E-state index is 4.99.